The Bertz CT molecular complexity index is 685. The van der Waals surface area contributed by atoms with Gasteiger partial charge in [-0.1, -0.05) is 19.3 Å². The molecule has 2 fully saturated rings. The molecule has 1 spiro atoms. The lowest BCUT2D eigenvalue weighted by molar-refractivity contribution is 0.0705. The third kappa shape index (κ3) is 3.52. The summed E-state index contributed by atoms with van der Waals surface area (Å²) in [6.07, 6.45) is 11.9. The molecular weight excluding hydrogens is 331 g/mol. The maximum atomic E-state index is 14.5. The fourth-order valence-electron chi connectivity index (χ4n) is 5.63. The van der Waals surface area contributed by atoms with E-state index < -0.39 is 5.91 Å². The Hall–Kier alpha value is -1.46. The maximum Gasteiger partial charge on any atom is 0.274 e. The Morgan fingerprint density at radius 3 is 2.85 bits per heavy atom. The molecule has 1 amide bonds. The van der Waals surface area contributed by atoms with E-state index in [-0.39, 0.29) is 11.4 Å². The molecule has 1 atom stereocenters. The summed E-state index contributed by atoms with van der Waals surface area (Å²) in [5, 5.41) is 8.76. The lowest BCUT2D eigenvalue weighted by Crippen LogP contribution is -2.35. The lowest BCUT2D eigenvalue weighted by atomic mass is 9.72. The number of carbonyl (C=O) groups excluding carboxylic acids is 1. The van der Waals surface area contributed by atoms with Gasteiger partial charge in [-0.05, 0) is 67.6 Å². The highest BCUT2D eigenvalue weighted by Crippen LogP contribution is 2.51. The van der Waals surface area contributed by atoms with E-state index in [1.54, 1.807) is 11.5 Å². The fourth-order valence-corrected chi connectivity index (χ4v) is 5.63. The molecule has 0 unspecified atom stereocenters. The van der Waals surface area contributed by atoms with Crippen molar-refractivity contribution in [2.45, 2.75) is 64.3 Å². The van der Waals surface area contributed by atoms with Gasteiger partial charge in [0, 0.05) is 30.8 Å². The van der Waals surface area contributed by atoms with Gasteiger partial charge in [-0.25, -0.2) is 9.87 Å². The van der Waals surface area contributed by atoms with Crippen molar-refractivity contribution >= 4 is 5.91 Å². The molecule has 3 aliphatic rings. The van der Waals surface area contributed by atoms with Crippen LogP contribution in [0.4, 0.5) is 4.39 Å². The molecule has 142 valence electrons. The fraction of sp³-hybridized carbons (Fsp3) is 0.667. The van der Waals surface area contributed by atoms with E-state index in [1.807, 2.05) is 0 Å². The molecule has 1 aliphatic heterocycles. The number of hydroxylamine groups is 1. The number of carbonyl (C=O) groups is 1. The number of halogens is 1. The van der Waals surface area contributed by atoms with Gasteiger partial charge >= 0.3 is 0 Å². The van der Waals surface area contributed by atoms with Gasteiger partial charge in [0.15, 0.2) is 0 Å². The average molecular weight is 360 g/mol. The van der Waals surface area contributed by atoms with Crippen LogP contribution in [-0.2, 0) is 13.0 Å². The summed E-state index contributed by atoms with van der Waals surface area (Å²) in [6, 6.07) is 2.95. The van der Waals surface area contributed by atoms with Gasteiger partial charge in [-0.15, -0.1) is 0 Å². The van der Waals surface area contributed by atoms with E-state index in [2.05, 4.69) is 4.90 Å². The molecule has 5 heteroatoms. The molecule has 2 aliphatic carbocycles. The minimum Gasteiger partial charge on any atom is -0.298 e. The summed E-state index contributed by atoms with van der Waals surface area (Å²) in [6.45, 7) is 2.62. The van der Waals surface area contributed by atoms with Gasteiger partial charge in [-0.3, -0.25) is 14.9 Å². The maximum absolute atomic E-state index is 14.5. The van der Waals surface area contributed by atoms with Crippen molar-refractivity contribution < 1.29 is 14.4 Å². The quantitative estimate of drug-likeness (QED) is 0.631. The highest BCUT2D eigenvalue weighted by Gasteiger charge is 2.40. The second kappa shape index (κ2) is 7.28. The molecule has 0 bridgehead atoms. The topological polar surface area (TPSA) is 52.6 Å². The molecule has 0 aromatic heterocycles. The second-order valence-electron chi connectivity index (χ2n) is 8.69. The van der Waals surface area contributed by atoms with Crippen molar-refractivity contribution in [1.29, 1.82) is 0 Å². The molecule has 26 heavy (non-hydrogen) atoms. The Kier molecular flexibility index (Phi) is 5.02. The summed E-state index contributed by atoms with van der Waals surface area (Å²) < 4.78 is 14.5. The van der Waals surface area contributed by atoms with Crippen LogP contribution in [0.15, 0.2) is 12.1 Å². The number of benzene rings is 1. The SMILES string of the molecule is O=C(NO)c1cc(F)c2c(c1)CCN(C[C@@H]1CCC3(CCCCC3)C1)C2. The van der Waals surface area contributed by atoms with Crippen LogP contribution in [0.3, 0.4) is 0 Å². The molecule has 4 nitrogen and oxygen atoms in total. The van der Waals surface area contributed by atoms with Crippen molar-refractivity contribution in [2.75, 3.05) is 13.1 Å². The summed E-state index contributed by atoms with van der Waals surface area (Å²) in [5.74, 6) is -0.240. The molecule has 2 saturated carbocycles. The van der Waals surface area contributed by atoms with E-state index in [0.29, 0.717) is 12.0 Å². The van der Waals surface area contributed by atoms with Crippen molar-refractivity contribution in [1.82, 2.24) is 10.4 Å². The normalized spacial score (nSPS) is 25.2. The van der Waals surface area contributed by atoms with Gasteiger partial charge in [0.1, 0.15) is 5.82 Å². The molecule has 0 saturated heterocycles. The highest BCUT2D eigenvalue weighted by molar-refractivity contribution is 5.93. The van der Waals surface area contributed by atoms with Crippen LogP contribution in [0.25, 0.3) is 0 Å². The molecule has 1 heterocycles. The highest BCUT2D eigenvalue weighted by atomic mass is 19.1. The third-order valence-corrected chi connectivity index (χ3v) is 6.97. The van der Waals surface area contributed by atoms with E-state index in [1.165, 1.54) is 57.4 Å². The largest absolute Gasteiger partial charge is 0.298 e. The third-order valence-electron chi connectivity index (χ3n) is 6.97. The van der Waals surface area contributed by atoms with Crippen LogP contribution in [0.2, 0.25) is 0 Å². The van der Waals surface area contributed by atoms with Gasteiger partial charge in [-0.2, -0.15) is 0 Å². The molecular formula is C21H29FN2O2. The predicted octanol–water partition coefficient (Wildman–Crippen LogP) is 4.05. The van der Waals surface area contributed by atoms with Gasteiger partial charge < -0.3 is 0 Å². The number of hydrogen-bond donors (Lipinski definition) is 2. The summed E-state index contributed by atoms with van der Waals surface area (Å²) in [7, 11) is 0. The minimum atomic E-state index is -0.655. The summed E-state index contributed by atoms with van der Waals surface area (Å²) >= 11 is 0. The van der Waals surface area contributed by atoms with Crippen molar-refractivity contribution in [3.05, 3.63) is 34.6 Å². The number of nitrogens with one attached hydrogen (secondary N) is 1. The molecule has 1 aromatic carbocycles. The van der Waals surface area contributed by atoms with Crippen LogP contribution in [0.1, 0.15) is 72.9 Å². The first kappa shape index (κ1) is 17.9. The lowest BCUT2D eigenvalue weighted by Gasteiger charge is -2.35. The zero-order valence-electron chi connectivity index (χ0n) is 15.4. The molecule has 1 aromatic rings. The Balaban J connectivity index is 1.40. The standard InChI is InChI=1S/C21H29FN2O2/c22-19-11-17(20(25)23-26)10-16-5-9-24(14-18(16)19)13-15-4-8-21(12-15)6-2-1-3-7-21/h10-11,15,26H,1-9,12-14H2,(H,23,25)/t15-/m1/s1. The van der Waals surface area contributed by atoms with E-state index >= 15 is 0 Å². The summed E-state index contributed by atoms with van der Waals surface area (Å²) in [4.78, 5) is 13.9. The van der Waals surface area contributed by atoms with E-state index in [4.69, 9.17) is 5.21 Å². The first-order valence-corrected chi connectivity index (χ1v) is 10.1. The van der Waals surface area contributed by atoms with Crippen LogP contribution >= 0.6 is 0 Å². The van der Waals surface area contributed by atoms with Gasteiger partial charge in [0.2, 0.25) is 0 Å². The van der Waals surface area contributed by atoms with E-state index in [0.717, 1.165) is 36.6 Å². The number of hydrogen-bond acceptors (Lipinski definition) is 3. The Morgan fingerprint density at radius 1 is 1.27 bits per heavy atom. The molecule has 4 rings (SSSR count). The van der Waals surface area contributed by atoms with E-state index in [9.17, 15) is 9.18 Å². The predicted molar refractivity (Wildman–Crippen MR) is 97.5 cm³/mol. The molecule has 0 radical (unpaired) electrons. The second-order valence-corrected chi connectivity index (χ2v) is 8.69. The van der Waals surface area contributed by atoms with Crippen molar-refractivity contribution in [2.24, 2.45) is 11.3 Å². The van der Waals surface area contributed by atoms with Crippen LogP contribution in [-0.4, -0.2) is 29.1 Å². The number of nitrogens with zero attached hydrogens (tertiary/aromatic N) is 1. The van der Waals surface area contributed by atoms with Crippen LogP contribution in [0, 0.1) is 17.2 Å². The molecule has 2 N–H and O–H groups in total. The first-order chi connectivity index (χ1) is 12.6. The van der Waals surface area contributed by atoms with Crippen molar-refractivity contribution in [3.63, 3.8) is 0 Å². The average Bonchev–Trinajstić information content (AvgIpc) is 3.03. The monoisotopic (exact) mass is 360 g/mol. The zero-order valence-corrected chi connectivity index (χ0v) is 15.4. The van der Waals surface area contributed by atoms with Crippen LogP contribution in [0.5, 0.6) is 0 Å². The minimum absolute atomic E-state index is 0.187. The number of rotatable bonds is 3. The first-order valence-electron chi connectivity index (χ1n) is 10.1. The number of amides is 1. The van der Waals surface area contributed by atoms with Crippen LogP contribution < -0.4 is 5.48 Å². The van der Waals surface area contributed by atoms with Gasteiger partial charge in [0.25, 0.3) is 5.91 Å². The Labute approximate surface area is 154 Å². The van der Waals surface area contributed by atoms with Crippen molar-refractivity contribution in [3.8, 4) is 0 Å². The van der Waals surface area contributed by atoms with Gasteiger partial charge in [0.05, 0.1) is 0 Å². The smallest absolute Gasteiger partial charge is 0.274 e. The summed E-state index contributed by atoms with van der Waals surface area (Å²) in [5.41, 5.74) is 4.01. The zero-order chi connectivity index (χ0) is 18.1. The Morgan fingerprint density at radius 2 is 2.08 bits per heavy atom. The number of fused-ring (bicyclic) bond motifs is 1.